The molecule has 3 fully saturated rings. The zero-order valence-corrected chi connectivity index (χ0v) is 23.4. The summed E-state index contributed by atoms with van der Waals surface area (Å²) in [6.45, 7) is 1.69. The molecular weight excluding hydrogens is 586 g/mol. The van der Waals surface area contributed by atoms with Gasteiger partial charge in [0.05, 0.1) is 16.6 Å². The Labute approximate surface area is 244 Å². The van der Waals surface area contributed by atoms with Gasteiger partial charge in [-0.1, -0.05) is 23.7 Å². The number of carbonyl (C=O) groups is 2. The lowest BCUT2D eigenvalue weighted by molar-refractivity contribution is -0.173. The number of halogens is 7. The first-order valence-electron chi connectivity index (χ1n) is 13.9. The second-order valence-electron chi connectivity index (χ2n) is 11.2. The molecule has 0 spiro atoms. The van der Waals surface area contributed by atoms with Crippen LogP contribution in [0.3, 0.4) is 0 Å². The molecule has 1 N–H and O–H groups in total. The summed E-state index contributed by atoms with van der Waals surface area (Å²) in [4.78, 5) is 30.5. The topological polar surface area (TPSA) is 55.9 Å². The van der Waals surface area contributed by atoms with Crippen LogP contribution in [-0.2, 0) is 4.79 Å². The molecule has 13 heteroatoms. The normalized spacial score (nSPS) is 21.1. The summed E-state index contributed by atoms with van der Waals surface area (Å²) in [5.74, 6) is -7.42. The van der Waals surface area contributed by atoms with E-state index >= 15 is 0 Å². The van der Waals surface area contributed by atoms with E-state index in [0.29, 0.717) is 31.6 Å². The zero-order chi connectivity index (χ0) is 30.2. The summed E-state index contributed by atoms with van der Waals surface area (Å²) in [6, 6.07) is 9.23. The second-order valence-corrected chi connectivity index (χ2v) is 11.6. The SMILES string of the molecule is O=C(c1ccc(NC2CN(C3CCN(C(=O)C(c4cccc(F)c4)C(F)(F)F)CC3)C2)cc1Cl)N1CCC(F)(F)CC1. The monoisotopic (exact) mass is 616 g/mol. The van der Waals surface area contributed by atoms with E-state index in [4.69, 9.17) is 11.6 Å². The van der Waals surface area contributed by atoms with E-state index in [1.165, 1.54) is 15.9 Å². The summed E-state index contributed by atoms with van der Waals surface area (Å²) < 4.78 is 81.8. The third kappa shape index (κ3) is 6.80. The van der Waals surface area contributed by atoms with Crippen molar-refractivity contribution in [2.24, 2.45) is 0 Å². The number of alkyl halides is 5. The smallest absolute Gasteiger partial charge is 0.380 e. The number of carbonyl (C=O) groups excluding carboxylic acids is 2. The van der Waals surface area contributed by atoms with E-state index in [9.17, 15) is 35.9 Å². The van der Waals surface area contributed by atoms with Gasteiger partial charge in [0.2, 0.25) is 5.91 Å². The van der Waals surface area contributed by atoms with E-state index in [2.05, 4.69) is 10.2 Å². The van der Waals surface area contributed by atoms with E-state index in [-0.39, 0.29) is 67.6 Å². The highest BCUT2D eigenvalue weighted by molar-refractivity contribution is 6.34. The Kier molecular flexibility index (Phi) is 8.67. The maximum atomic E-state index is 13.8. The Hall–Kier alpha value is -2.99. The van der Waals surface area contributed by atoms with Crippen LogP contribution in [0.2, 0.25) is 5.02 Å². The number of hydrogen-bond acceptors (Lipinski definition) is 4. The first-order chi connectivity index (χ1) is 19.8. The van der Waals surface area contributed by atoms with Crippen LogP contribution in [0.5, 0.6) is 0 Å². The molecule has 2 aromatic carbocycles. The standard InChI is InChI=1S/C29H31ClF6N4O2/c30-24-15-20(4-5-23(24)26(41)39-12-8-28(32,33)9-13-39)37-21-16-40(17-21)22-6-10-38(11-7-22)27(42)25(29(34,35)36)18-2-1-3-19(31)14-18/h1-5,14-15,21-22,25,37H,6-13,16-17H2. The number of likely N-dealkylation sites (tertiary alicyclic amines) is 3. The van der Waals surface area contributed by atoms with Gasteiger partial charge in [0.1, 0.15) is 5.82 Å². The molecule has 0 saturated carbocycles. The minimum Gasteiger partial charge on any atom is -0.380 e. The van der Waals surface area contributed by atoms with Gasteiger partial charge in [0.25, 0.3) is 11.8 Å². The molecule has 228 valence electrons. The summed E-state index contributed by atoms with van der Waals surface area (Å²) in [6.07, 6.45) is -4.52. The van der Waals surface area contributed by atoms with Crippen LogP contribution >= 0.6 is 11.6 Å². The van der Waals surface area contributed by atoms with Crippen molar-refractivity contribution in [1.29, 1.82) is 0 Å². The summed E-state index contributed by atoms with van der Waals surface area (Å²) in [5.41, 5.74) is 0.566. The molecule has 3 saturated heterocycles. The van der Waals surface area contributed by atoms with Gasteiger partial charge in [-0.05, 0) is 48.7 Å². The maximum absolute atomic E-state index is 13.8. The average Bonchev–Trinajstić information content (AvgIpc) is 2.90. The number of nitrogens with one attached hydrogen (secondary N) is 1. The zero-order valence-electron chi connectivity index (χ0n) is 22.6. The Morgan fingerprint density at radius 3 is 2.21 bits per heavy atom. The average molecular weight is 617 g/mol. The second kappa shape index (κ2) is 11.9. The number of benzene rings is 2. The summed E-state index contributed by atoms with van der Waals surface area (Å²) in [7, 11) is 0. The van der Waals surface area contributed by atoms with E-state index in [1.807, 2.05) is 0 Å². The molecule has 6 nitrogen and oxygen atoms in total. The van der Waals surface area contributed by atoms with Gasteiger partial charge in [-0.3, -0.25) is 14.5 Å². The fraction of sp³-hybridized carbons (Fsp3) is 0.517. The van der Waals surface area contributed by atoms with Crippen LogP contribution in [-0.4, -0.2) is 90.0 Å². The van der Waals surface area contributed by atoms with E-state index in [1.54, 1.807) is 18.2 Å². The fourth-order valence-electron chi connectivity index (χ4n) is 5.92. The van der Waals surface area contributed by atoms with Gasteiger partial charge in [-0.2, -0.15) is 13.2 Å². The van der Waals surface area contributed by atoms with E-state index < -0.39 is 35.3 Å². The van der Waals surface area contributed by atoms with Crippen LogP contribution in [0, 0.1) is 5.82 Å². The lowest BCUT2D eigenvalue weighted by atomic mass is 9.93. The van der Waals surface area contributed by atoms with Gasteiger partial charge in [0, 0.05) is 63.8 Å². The predicted octanol–water partition coefficient (Wildman–Crippen LogP) is 5.78. The van der Waals surface area contributed by atoms with Gasteiger partial charge in [-0.25, -0.2) is 13.2 Å². The predicted molar refractivity (Wildman–Crippen MR) is 145 cm³/mol. The molecule has 42 heavy (non-hydrogen) atoms. The number of nitrogens with zero attached hydrogens (tertiary/aromatic N) is 3. The number of amides is 2. The molecule has 3 heterocycles. The van der Waals surface area contributed by atoms with Crippen LogP contribution in [0.4, 0.5) is 32.0 Å². The lowest BCUT2D eigenvalue weighted by Gasteiger charge is -2.47. The van der Waals surface area contributed by atoms with Gasteiger partial charge in [0.15, 0.2) is 5.92 Å². The van der Waals surface area contributed by atoms with Crippen LogP contribution < -0.4 is 5.32 Å². The maximum Gasteiger partial charge on any atom is 0.404 e. The molecule has 3 aliphatic heterocycles. The van der Waals surface area contributed by atoms with Crippen molar-refractivity contribution in [1.82, 2.24) is 14.7 Å². The largest absolute Gasteiger partial charge is 0.404 e. The van der Waals surface area contributed by atoms with Crippen molar-refractivity contribution in [2.45, 2.75) is 55.8 Å². The van der Waals surface area contributed by atoms with Crippen molar-refractivity contribution >= 4 is 29.1 Å². The van der Waals surface area contributed by atoms with Crippen molar-refractivity contribution < 1.29 is 35.9 Å². The minimum atomic E-state index is -4.84. The van der Waals surface area contributed by atoms with Crippen molar-refractivity contribution in [3.63, 3.8) is 0 Å². The number of anilines is 1. The molecule has 1 atom stereocenters. The van der Waals surface area contributed by atoms with Gasteiger partial charge >= 0.3 is 6.18 Å². The lowest BCUT2D eigenvalue weighted by Crippen LogP contribution is -2.60. The minimum absolute atomic E-state index is 0.0247. The van der Waals surface area contributed by atoms with Gasteiger partial charge in [-0.15, -0.1) is 0 Å². The van der Waals surface area contributed by atoms with Crippen molar-refractivity contribution in [2.75, 3.05) is 44.6 Å². The molecule has 0 radical (unpaired) electrons. The molecule has 5 rings (SSSR count). The highest BCUT2D eigenvalue weighted by Crippen LogP contribution is 2.38. The Balaban J connectivity index is 1.10. The molecule has 3 aliphatic rings. The van der Waals surface area contributed by atoms with E-state index in [0.717, 1.165) is 18.2 Å². The van der Waals surface area contributed by atoms with Crippen LogP contribution in [0.25, 0.3) is 0 Å². The van der Waals surface area contributed by atoms with Crippen LogP contribution in [0.1, 0.15) is 47.5 Å². The molecular formula is C29H31ClF6N4O2. The number of rotatable bonds is 6. The Morgan fingerprint density at radius 1 is 0.952 bits per heavy atom. The highest BCUT2D eigenvalue weighted by atomic mass is 35.5. The quantitative estimate of drug-likeness (QED) is 0.418. The molecule has 0 aliphatic carbocycles. The fourth-order valence-corrected chi connectivity index (χ4v) is 6.18. The van der Waals surface area contributed by atoms with Crippen molar-refractivity contribution in [3.05, 3.63) is 64.4 Å². The Morgan fingerprint density at radius 2 is 1.62 bits per heavy atom. The third-order valence-corrected chi connectivity index (χ3v) is 8.62. The van der Waals surface area contributed by atoms with Crippen molar-refractivity contribution in [3.8, 4) is 0 Å². The first kappa shape index (κ1) is 30.5. The summed E-state index contributed by atoms with van der Waals surface area (Å²) in [5, 5.41) is 3.58. The number of piperidine rings is 2. The Bertz CT molecular complexity index is 1300. The first-order valence-corrected chi connectivity index (χ1v) is 14.3. The molecule has 1 unspecified atom stereocenters. The molecule has 2 amide bonds. The summed E-state index contributed by atoms with van der Waals surface area (Å²) >= 11 is 6.36. The molecule has 0 bridgehead atoms. The molecule has 2 aromatic rings. The molecule has 0 aromatic heterocycles. The van der Waals surface area contributed by atoms with Gasteiger partial charge < -0.3 is 15.1 Å². The van der Waals surface area contributed by atoms with Crippen LogP contribution in [0.15, 0.2) is 42.5 Å². The highest BCUT2D eigenvalue weighted by Gasteiger charge is 2.48. The third-order valence-electron chi connectivity index (χ3n) is 8.31. The number of hydrogen-bond donors (Lipinski definition) is 1.